The Bertz CT molecular complexity index is 249. The Balaban J connectivity index is 2.11. The van der Waals surface area contributed by atoms with Crippen LogP contribution in [0.5, 0.6) is 0 Å². The second-order valence-electron chi connectivity index (χ2n) is 3.66. The number of rotatable bonds is 5. The summed E-state index contributed by atoms with van der Waals surface area (Å²) in [4.78, 5) is 2.23. The molecule has 78 valence electrons. The van der Waals surface area contributed by atoms with E-state index in [1.807, 2.05) is 7.05 Å². The molecule has 13 heavy (non-hydrogen) atoms. The highest BCUT2D eigenvalue weighted by Crippen LogP contribution is 2.23. The highest BCUT2D eigenvalue weighted by Gasteiger charge is 2.21. The van der Waals surface area contributed by atoms with Crippen molar-refractivity contribution < 1.29 is 8.42 Å². The Morgan fingerprint density at radius 1 is 1.46 bits per heavy atom. The lowest BCUT2D eigenvalue weighted by molar-refractivity contribution is 0.160. The van der Waals surface area contributed by atoms with E-state index in [2.05, 4.69) is 4.90 Å². The maximum atomic E-state index is 10.6. The van der Waals surface area contributed by atoms with Crippen LogP contribution < -0.4 is 0 Å². The molecule has 0 aromatic rings. The smallest absolute Gasteiger partial charge is 0.232 e. The molecule has 0 heterocycles. The van der Waals surface area contributed by atoms with Crippen LogP contribution in [0.3, 0.4) is 0 Å². The normalized spacial score (nSPS) is 19.0. The van der Waals surface area contributed by atoms with E-state index in [9.17, 15) is 8.42 Å². The third-order valence-corrected chi connectivity index (χ3v) is 3.84. The summed E-state index contributed by atoms with van der Waals surface area (Å²) in [6.07, 6.45) is 4.45. The fourth-order valence-corrected chi connectivity index (χ4v) is 2.30. The summed E-state index contributed by atoms with van der Waals surface area (Å²) < 4.78 is 21.2. The van der Waals surface area contributed by atoms with Crippen molar-refractivity contribution in [3.8, 4) is 0 Å². The maximum absolute atomic E-state index is 10.6. The van der Waals surface area contributed by atoms with Gasteiger partial charge < -0.3 is 4.90 Å². The third-order valence-electron chi connectivity index (χ3n) is 2.60. The molecular formula is C8H16ClNO2S. The van der Waals surface area contributed by atoms with E-state index in [-0.39, 0.29) is 5.75 Å². The van der Waals surface area contributed by atoms with Gasteiger partial charge in [-0.05, 0) is 32.9 Å². The van der Waals surface area contributed by atoms with Crippen LogP contribution in [0.4, 0.5) is 0 Å². The van der Waals surface area contributed by atoms with Crippen molar-refractivity contribution in [1.29, 1.82) is 0 Å². The van der Waals surface area contributed by atoms with E-state index in [1.54, 1.807) is 0 Å². The maximum Gasteiger partial charge on any atom is 0.232 e. The fraction of sp³-hybridized carbons (Fsp3) is 1.00. The summed E-state index contributed by atoms with van der Waals surface area (Å²) in [5.74, 6) is 0.0889. The van der Waals surface area contributed by atoms with Crippen molar-refractivity contribution in [3.05, 3.63) is 0 Å². The molecule has 0 spiro atoms. The zero-order valence-electron chi connectivity index (χ0n) is 7.87. The van der Waals surface area contributed by atoms with E-state index in [0.717, 1.165) is 6.54 Å². The molecule has 1 fully saturated rings. The molecule has 0 radical (unpaired) electrons. The van der Waals surface area contributed by atoms with Gasteiger partial charge in [-0.25, -0.2) is 8.42 Å². The minimum absolute atomic E-state index is 0.0889. The van der Waals surface area contributed by atoms with Crippen molar-refractivity contribution in [2.75, 3.05) is 19.3 Å². The van der Waals surface area contributed by atoms with E-state index in [4.69, 9.17) is 10.7 Å². The number of hydrogen-bond acceptors (Lipinski definition) is 3. The second-order valence-corrected chi connectivity index (χ2v) is 6.56. The van der Waals surface area contributed by atoms with Gasteiger partial charge in [0.05, 0.1) is 5.75 Å². The van der Waals surface area contributed by atoms with Crippen molar-refractivity contribution in [2.45, 2.75) is 31.7 Å². The SMILES string of the molecule is CN(CCCS(=O)(=O)Cl)C1CCC1. The summed E-state index contributed by atoms with van der Waals surface area (Å²) in [7, 11) is 3.86. The molecule has 1 aliphatic carbocycles. The first-order valence-electron chi connectivity index (χ1n) is 4.61. The van der Waals surface area contributed by atoms with Crippen LogP contribution in [-0.2, 0) is 9.05 Å². The van der Waals surface area contributed by atoms with Gasteiger partial charge >= 0.3 is 0 Å². The molecular weight excluding hydrogens is 210 g/mol. The van der Waals surface area contributed by atoms with Gasteiger partial charge in [0, 0.05) is 16.7 Å². The van der Waals surface area contributed by atoms with E-state index < -0.39 is 9.05 Å². The average Bonchev–Trinajstić information content (AvgIpc) is 1.79. The molecule has 0 atom stereocenters. The Hall–Kier alpha value is 0.200. The molecule has 1 saturated carbocycles. The van der Waals surface area contributed by atoms with Crippen LogP contribution in [0, 0.1) is 0 Å². The number of nitrogens with zero attached hydrogens (tertiary/aromatic N) is 1. The zero-order chi connectivity index (χ0) is 9.90. The van der Waals surface area contributed by atoms with Gasteiger partial charge in [-0.3, -0.25) is 0 Å². The molecule has 5 heteroatoms. The molecule has 0 aliphatic heterocycles. The summed E-state index contributed by atoms with van der Waals surface area (Å²) in [5, 5.41) is 0. The molecule has 0 N–H and O–H groups in total. The fourth-order valence-electron chi connectivity index (χ4n) is 1.50. The second kappa shape index (κ2) is 4.62. The van der Waals surface area contributed by atoms with Crippen LogP contribution in [0.15, 0.2) is 0 Å². The first-order chi connectivity index (χ1) is 5.99. The Morgan fingerprint density at radius 3 is 2.46 bits per heavy atom. The predicted molar refractivity (Wildman–Crippen MR) is 54.5 cm³/mol. The molecule has 0 aromatic carbocycles. The summed E-state index contributed by atoms with van der Waals surface area (Å²) in [6.45, 7) is 0.830. The first kappa shape index (κ1) is 11.3. The van der Waals surface area contributed by atoms with Crippen LogP contribution >= 0.6 is 10.7 Å². The Morgan fingerprint density at radius 2 is 2.08 bits per heavy atom. The van der Waals surface area contributed by atoms with Crippen molar-refractivity contribution in [1.82, 2.24) is 4.90 Å². The molecule has 1 aliphatic rings. The molecule has 0 unspecified atom stereocenters. The molecule has 3 nitrogen and oxygen atoms in total. The Kier molecular flexibility index (Phi) is 4.01. The summed E-state index contributed by atoms with van der Waals surface area (Å²) >= 11 is 0. The van der Waals surface area contributed by atoms with E-state index in [1.165, 1.54) is 19.3 Å². The monoisotopic (exact) mass is 225 g/mol. The van der Waals surface area contributed by atoms with Gasteiger partial charge in [0.15, 0.2) is 0 Å². The quantitative estimate of drug-likeness (QED) is 0.665. The lowest BCUT2D eigenvalue weighted by Crippen LogP contribution is -2.38. The first-order valence-corrected chi connectivity index (χ1v) is 7.09. The Labute approximate surface area is 84.5 Å². The molecule has 0 aromatic heterocycles. The van der Waals surface area contributed by atoms with E-state index >= 15 is 0 Å². The van der Waals surface area contributed by atoms with Crippen molar-refractivity contribution >= 4 is 19.7 Å². The van der Waals surface area contributed by atoms with Gasteiger partial charge in [0.25, 0.3) is 0 Å². The average molecular weight is 226 g/mol. The van der Waals surface area contributed by atoms with Gasteiger partial charge in [0.1, 0.15) is 0 Å². The van der Waals surface area contributed by atoms with Gasteiger partial charge in [-0.15, -0.1) is 0 Å². The minimum atomic E-state index is -3.29. The number of hydrogen-bond donors (Lipinski definition) is 0. The predicted octanol–water partition coefficient (Wildman–Crippen LogP) is 1.43. The summed E-state index contributed by atoms with van der Waals surface area (Å²) in [5.41, 5.74) is 0. The van der Waals surface area contributed by atoms with Gasteiger partial charge in [-0.2, -0.15) is 0 Å². The topological polar surface area (TPSA) is 37.4 Å². The lowest BCUT2D eigenvalue weighted by Gasteiger charge is -2.34. The van der Waals surface area contributed by atoms with Crippen LogP contribution in [0.25, 0.3) is 0 Å². The summed E-state index contributed by atoms with van der Waals surface area (Å²) in [6, 6.07) is 0.679. The standard InChI is InChI=1S/C8H16ClNO2S/c1-10(8-4-2-5-8)6-3-7-13(9,11)12/h8H,2-7H2,1H3. The lowest BCUT2D eigenvalue weighted by atomic mass is 9.92. The van der Waals surface area contributed by atoms with E-state index in [0.29, 0.717) is 12.5 Å². The van der Waals surface area contributed by atoms with Crippen LogP contribution in [0.1, 0.15) is 25.7 Å². The van der Waals surface area contributed by atoms with Gasteiger partial charge in [0.2, 0.25) is 9.05 Å². The molecule has 1 rings (SSSR count). The zero-order valence-corrected chi connectivity index (χ0v) is 9.44. The van der Waals surface area contributed by atoms with Crippen LogP contribution in [0.2, 0.25) is 0 Å². The highest BCUT2D eigenvalue weighted by atomic mass is 35.7. The van der Waals surface area contributed by atoms with Crippen molar-refractivity contribution in [2.24, 2.45) is 0 Å². The number of halogens is 1. The minimum Gasteiger partial charge on any atom is -0.303 e. The largest absolute Gasteiger partial charge is 0.303 e. The highest BCUT2D eigenvalue weighted by molar-refractivity contribution is 8.13. The molecule has 0 amide bonds. The third kappa shape index (κ3) is 4.29. The van der Waals surface area contributed by atoms with Gasteiger partial charge in [-0.1, -0.05) is 6.42 Å². The van der Waals surface area contributed by atoms with Crippen molar-refractivity contribution in [3.63, 3.8) is 0 Å². The van der Waals surface area contributed by atoms with Crippen LogP contribution in [-0.4, -0.2) is 38.7 Å². The molecule has 0 saturated heterocycles. The molecule has 0 bridgehead atoms.